The van der Waals surface area contributed by atoms with Gasteiger partial charge in [-0.1, -0.05) is 12.1 Å². The number of rotatable bonds is 7. The molecule has 3 rings (SSSR count). The Bertz CT molecular complexity index is 823. The van der Waals surface area contributed by atoms with E-state index in [0.717, 1.165) is 10.6 Å². The molecule has 0 spiro atoms. The predicted molar refractivity (Wildman–Crippen MR) is 98.2 cm³/mol. The van der Waals surface area contributed by atoms with Gasteiger partial charge in [0, 0.05) is 32.0 Å². The van der Waals surface area contributed by atoms with Gasteiger partial charge in [0.1, 0.15) is 11.2 Å². The van der Waals surface area contributed by atoms with Gasteiger partial charge in [-0.2, -0.15) is 0 Å². The summed E-state index contributed by atoms with van der Waals surface area (Å²) in [6.45, 7) is 0.646. The highest BCUT2D eigenvalue weighted by molar-refractivity contribution is 7.09. The SMILES string of the molecule is COCC1(C(=O)O)CCN(C(=O)Cc2csc(Cc3ccc(F)cc3)n2)C1. The first kappa shape index (κ1) is 19.4. The number of nitrogens with zero attached hydrogens (tertiary/aromatic N) is 2. The van der Waals surface area contributed by atoms with E-state index >= 15 is 0 Å². The smallest absolute Gasteiger partial charge is 0.313 e. The zero-order chi connectivity index (χ0) is 19.4. The van der Waals surface area contributed by atoms with Gasteiger partial charge in [0.05, 0.1) is 23.7 Å². The van der Waals surface area contributed by atoms with Crippen LogP contribution in [0.15, 0.2) is 29.6 Å². The molecule has 144 valence electrons. The predicted octanol–water partition coefficient (Wildman–Crippen LogP) is 2.37. The van der Waals surface area contributed by atoms with Gasteiger partial charge in [-0.3, -0.25) is 9.59 Å². The number of hydrogen-bond donors (Lipinski definition) is 1. The van der Waals surface area contributed by atoms with E-state index in [1.165, 1.54) is 30.6 Å². The number of ether oxygens (including phenoxy) is 1. The van der Waals surface area contributed by atoms with Crippen LogP contribution in [-0.4, -0.2) is 53.7 Å². The number of carboxylic acid groups (broad SMARTS) is 1. The summed E-state index contributed by atoms with van der Waals surface area (Å²) < 4.78 is 18.0. The van der Waals surface area contributed by atoms with Crippen molar-refractivity contribution >= 4 is 23.2 Å². The molecule has 1 saturated heterocycles. The monoisotopic (exact) mass is 392 g/mol. The van der Waals surface area contributed by atoms with Gasteiger partial charge in [-0.15, -0.1) is 11.3 Å². The van der Waals surface area contributed by atoms with Crippen molar-refractivity contribution in [1.82, 2.24) is 9.88 Å². The maximum absolute atomic E-state index is 13.0. The molecule has 0 bridgehead atoms. The Morgan fingerprint density at radius 2 is 2.11 bits per heavy atom. The second-order valence-electron chi connectivity index (χ2n) is 6.80. The molecule has 8 heteroatoms. The van der Waals surface area contributed by atoms with Crippen molar-refractivity contribution < 1.29 is 23.8 Å². The van der Waals surface area contributed by atoms with Crippen molar-refractivity contribution in [2.45, 2.75) is 19.3 Å². The molecule has 0 saturated carbocycles. The summed E-state index contributed by atoms with van der Waals surface area (Å²) >= 11 is 1.46. The summed E-state index contributed by atoms with van der Waals surface area (Å²) in [4.78, 5) is 30.2. The van der Waals surface area contributed by atoms with Crippen molar-refractivity contribution in [3.05, 3.63) is 51.7 Å². The fourth-order valence-electron chi connectivity index (χ4n) is 3.27. The highest BCUT2D eigenvalue weighted by Gasteiger charge is 2.46. The normalized spacial score (nSPS) is 19.4. The Hall–Kier alpha value is -2.32. The zero-order valence-corrected chi connectivity index (χ0v) is 15.8. The maximum Gasteiger partial charge on any atom is 0.313 e. The number of carboxylic acids is 1. The minimum Gasteiger partial charge on any atom is -0.481 e. The number of benzene rings is 1. The van der Waals surface area contributed by atoms with E-state index in [1.807, 2.05) is 5.38 Å². The average Bonchev–Trinajstić information content (AvgIpc) is 3.25. The number of aromatic nitrogens is 1. The van der Waals surface area contributed by atoms with Crippen LogP contribution < -0.4 is 0 Å². The molecule has 27 heavy (non-hydrogen) atoms. The Morgan fingerprint density at radius 1 is 1.37 bits per heavy atom. The first-order chi connectivity index (χ1) is 12.9. The molecule has 1 amide bonds. The quantitative estimate of drug-likeness (QED) is 0.783. The Morgan fingerprint density at radius 3 is 2.78 bits per heavy atom. The van der Waals surface area contributed by atoms with Crippen molar-refractivity contribution in [1.29, 1.82) is 0 Å². The van der Waals surface area contributed by atoms with E-state index in [-0.39, 0.29) is 31.3 Å². The minimum absolute atomic E-state index is 0.0879. The summed E-state index contributed by atoms with van der Waals surface area (Å²) in [6.07, 6.45) is 1.11. The lowest BCUT2D eigenvalue weighted by molar-refractivity contribution is -0.151. The summed E-state index contributed by atoms with van der Waals surface area (Å²) in [6, 6.07) is 6.26. The molecule has 1 fully saturated rings. The van der Waals surface area contributed by atoms with Crippen molar-refractivity contribution in [2.24, 2.45) is 5.41 Å². The molecule has 1 atom stereocenters. The molecule has 0 radical (unpaired) electrons. The van der Waals surface area contributed by atoms with Crippen LogP contribution in [0, 0.1) is 11.2 Å². The van der Waals surface area contributed by atoms with E-state index in [9.17, 15) is 19.1 Å². The molecule has 1 N–H and O–H groups in total. The molecule has 1 aromatic heterocycles. The average molecular weight is 392 g/mol. The molecule has 2 heterocycles. The summed E-state index contributed by atoms with van der Waals surface area (Å²) in [5.41, 5.74) is 0.593. The fraction of sp³-hybridized carbons (Fsp3) is 0.421. The first-order valence-electron chi connectivity index (χ1n) is 8.60. The molecular formula is C19H21FN2O4S. The number of methoxy groups -OCH3 is 1. The second kappa shape index (κ2) is 8.14. The van der Waals surface area contributed by atoms with Crippen LogP contribution in [0.3, 0.4) is 0 Å². The summed E-state index contributed by atoms with van der Waals surface area (Å²) in [5.74, 6) is -1.34. The lowest BCUT2D eigenvalue weighted by Crippen LogP contribution is -2.40. The molecular weight excluding hydrogens is 371 g/mol. The van der Waals surface area contributed by atoms with E-state index in [1.54, 1.807) is 17.0 Å². The lowest BCUT2D eigenvalue weighted by Gasteiger charge is -2.23. The van der Waals surface area contributed by atoms with Crippen LogP contribution in [0.2, 0.25) is 0 Å². The van der Waals surface area contributed by atoms with Crippen LogP contribution in [0.5, 0.6) is 0 Å². The van der Waals surface area contributed by atoms with E-state index in [0.29, 0.717) is 25.1 Å². The second-order valence-corrected chi connectivity index (χ2v) is 7.74. The van der Waals surface area contributed by atoms with Gasteiger partial charge in [-0.25, -0.2) is 9.37 Å². The number of aliphatic carboxylic acids is 1. The number of hydrogen-bond acceptors (Lipinski definition) is 5. The number of amides is 1. The van der Waals surface area contributed by atoms with Crippen molar-refractivity contribution in [3.63, 3.8) is 0 Å². The molecule has 2 aromatic rings. The van der Waals surface area contributed by atoms with Gasteiger partial charge in [0.2, 0.25) is 5.91 Å². The lowest BCUT2D eigenvalue weighted by atomic mass is 9.88. The van der Waals surface area contributed by atoms with Crippen molar-refractivity contribution in [2.75, 3.05) is 26.8 Å². The number of halogens is 1. The highest BCUT2D eigenvalue weighted by atomic mass is 32.1. The van der Waals surface area contributed by atoms with Crippen LogP contribution >= 0.6 is 11.3 Å². The Balaban J connectivity index is 1.59. The largest absolute Gasteiger partial charge is 0.481 e. The van der Waals surface area contributed by atoms with Crippen LogP contribution in [0.25, 0.3) is 0 Å². The minimum atomic E-state index is -1.03. The topological polar surface area (TPSA) is 79.7 Å². The van der Waals surface area contributed by atoms with Crippen molar-refractivity contribution in [3.8, 4) is 0 Å². The molecule has 1 aliphatic rings. The third-order valence-corrected chi connectivity index (χ3v) is 5.68. The number of thiazole rings is 1. The van der Waals surface area contributed by atoms with Crippen LogP contribution in [-0.2, 0) is 27.2 Å². The summed E-state index contributed by atoms with van der Waals surface area (Å²) in [7, 11) is 1.47. The maximum atomic E-state index is 13.0. The zero-order valence-electron chi connectivity index (χ0n) is 15.0. The standard InChI is InChI=1S/C19H21FN2O4S/c1-26-12-19(18(24)25)6-7-22(11-19)17(23)9-15-10-27-16(21-15)8-13-2-4-14(20)5-3-13/h2-5,10H,6-9,11-12H2,1H3,(H,24,25). The van der Waals surface area contributed by atoms with E-state index in [2.05, 4.69) is 4.98 Å². The summed E-state index contributed by atoms with van der Waals surface area (Å²) in [5, 5.41) is 12.2. The molecule has 6 nitrogen and oxygen atoms in total. The molecule has 0 aliphatic carbocycles. The van der Waals surface area contributed by atoms with Gasteiger partial charge in [0.25, 0.3) is 0 Å². The third kappa shape index (κ3) is 4.51. The van der Waals surface area contributed by atoms with Gasteiger partial charge < -0.3 is 14.7 Å². The van der Waals surface area contributed by atoms with Gasteiger partial charge in [0.15, 0.2) is 0 Å². The number of carbonyl (C=O) groups is 2. The molecule has 1 aromatic carbocycles. The molecule has 1 aliphatic heterocycles. The van der Waals surface area contributed by atoms with Crippen LogP contribution in [0.4, 0.5) is 4.39 Å². The molecule has 1 unspecified atom stereocenters. The first-order valence-corrected chi connectivity index (χ1v) is 9.48. The van der Waals surface area contributed by atoms with E-state index < -0.39 is 11.4 Å². The Kier molecular flexibility index (Phi) is 5.86. The highest BCUT2D eigenvalue weighted by Crippen LogP contribution is 2.31. The van der Waals surface area contributed by atoms with Crippen LogP contribution in [0.1, 0.15) is 22.7 Å². The Labute approximate surface area is 160 Å². The van der Waals surface area contributed by atoms with Gasteiger partial charge in [-0.05, 0) is 24.1 Å². The van der Waals surface area contributed by atoms with E-state index in [4.69, 9.17) is 4.74 Å². The van der Waals surface area contributed by atoms with Gasteiger partial charge >= 0.3 is 5.97 Å². The fourth-order valence-corrected chi connectivity index (χ4v) is 4.10. The number of carbonyl (C=O) groups excluding carboxylic acids is 1. The number of likely N-dealkylation sites (tertiary alicyclic amines) is 1. The third-order valence-electron chi connectivity index (χ3n) is 4.78.